The van der Waals surface area contributed by atoms with E-state index in [2.05, 4.69) is 5.32 Å². The molecule has 1 aliphatic heterocycles. The second kappa shape index (κ2) is 8.84. The van der Waals surface area contributed by atoms with E-state index in [1.165, 1.54) is 0 Å². The SMILES string of the molecule is CCOc1ccccc1NC1=C(c2ccc(Cl)cc2)C(=O)N(c2cccc(Cl)c2)C1=O. The Hall–Kier alpha value is -3.28. The van der Waals surface area contributed by atoms with Crippen molar-refractivity contribution in [3.05, 3.63) is 94.1 Å². The minimum Gasteiger partial charge on any atom is -0.492 e. The van der Waals surface area contributed by atoms with E-state index >= 15 is 0 Å². The van der Waals surface area contributed by atoms with Crippen LogP contribution < -0.4 is 15.0 Å². The van der Waals surface area contributed by atoms with Crippen molar-refractivity contribution >= 4 is 52.0 Å². The van der Waals surface area contributed by atoms with Crippen molar-refractivity contribution < 1.29 is 14.3 Å². The van der Waals surface area contributed by atoms with Crippen LogP contribution in [0.3, 0.4) is 0 Å². The first kappa shape index (κ1) is 21.0. The number of ether oxygens (including phenoxy) is 1. The second-order valence-corrected chi connectivity index (χ2v) is 7.61. The highest BCUT2D eigenvalue weighted by Gasteiger charge is 2.40. The highest BCUT2D eigenvalue weighted by molar-refractivity contribution is 6.46. The van der Waals surface area contributed by atoms with Gasteiger partial charge in [0.25, 0.3) is 11.8 Å². The second-order valence-electron chi connectivity index (χ2n) is 6.74. The molecule has 0 saturated heterocycles. The molecule has 0 fully saturated rings. The molecule has 0 unspecified atom stereocenters. The number of hydrogen-bond donors (Lipinski definition) is 1. The Bertz CT molecular complexity index is 1190. The Morgan fingerprint density at radius 3 is 2.32 bits per heavy atom. The number of nitrogens with one attached hydrogen (secondary N) is 1. The third-order valence-corrected chi connectivity index (χ3v) is 5.22. The van der Waals surface area contributed by atoms with E-state index < -0.39 is 11.8 Å². The molecule has 2 amide bonds. The van der Waals surface area contributed by atoms with E-state index in [-0.39, 0.29) is 11.3 Å². The fourth-order valence-electron chi connectivity index (χ4n) is 3.37. The Labute approximate surface area is 189 Å². The molecule has 156 valence electrons. The summed E-state index contributed by atoms with van der Waals surface area (Å²) in [6, 6.07) is 20.6. The van der Waals surface area contributed by atoms with Crippen molar-refractivity contribution in [3.63, 3.8) is 0 Å². The molecule has 0 saturated carbocycles. The summed E-state index contributed by atoms with van der Waals surface area (Å²) in [7, 11) is 0. The molecule has 0 spiro atoms. The van der Waals surface area contributed by atoms with E-state index in [0.717, 1.165) is 4.90 Å². The molecule has 31 heavy (non-hydrogen) atoms. The van der Waals surface area contributed by atoms with Crippen LogP contribution in [0.25, 0.3) is 5.57 Å². The lowest BCUT2D eigenvalue weighted by Gasteiger charge is -2.16. The molecule has 0 atom stereocenters. The molecule has 4 rings (SSSR count). The summed E-state index contributed by atoms with van der Waals surface area (Å²) >= 11 is 12.1. The number of amides is 2. The highest BCUT2D eigenvalue weighted by atomic mass is 35.5. The van der Waals surface area contributed by atoms with Crippen LogP contribution in [0.15, 0.2) is 78.5 Å². The fourth-order valence-corrected chi connectivity index (χ4v) is 3.68. The van der Waals surface area contributed by atoms with Gasteiger partial charge in [0, 0.05) is 10.0 Å². The topological polar surface area (TPSA) is 58.6 Å². The molecular weight excluding hydrogens is 435 g/mol. The fraction of sp³-hybridized carbons (Fsp3) is 0.0833. The highest BCUT2D eigenvalue weighted by Crippen LogP contribution is 2.36. The van der Waals surface area contributed by atoms with Gasteiger partial charge in [-0.05, 0) is 55.0 Å². The number of carbonyl (C=O) groups is 2. The molecule has 1 heterocycles. The number of halogens is 2. The Morgan fingerprint density at radius 2 is 1.61 bits per heavy atom. The number of imide groups is 1. The molecule has 3 aromatic carbocycles. The third-order valence-electron chi connectivity index (χ3n) is 4.73. The van der Waals surface area contributed by atoms with Crippen molar-refractivity contribution in [1.29, 1.82) is 0 Å². The monoisotopic (exact) mass is 452 g/mol. The Kier molecular flexibility index (Phi) is 5.98. The maximum absolute atomic E-state index is 13.4. The molecule has 0 aromatic heterocycles. The Balaban J connectivity index is 1.83. The normalized spacial score (nSPS) is 13.7. The average Bonchev–Trinajstić information content (AvgIpc) is 3.00. The summed E-state index contributed by atoms with van der Waals surface area (Å²) < 4.78 is 5.66. The van der Waals surface area contributed by atoms with Crippen LogP contribution in [0.2, 0.25) is 10.0 Å². The van der Waals surface area contributed by atoms with Gasteiger partial charge in [0.15, 0.2) is 0 Å². The zero-order chi connectivity index (χ0) is 22.0. The van der Waals surface area contributed by atoms with Crippen LogP contribution >= 0.6 is 23.2 Å². The maximum Gasteiger partial charge on any atom is 0.282 e. The molecule has 0 radical (unpaired) electrons. The quantitative estimate of drug-likeness (QED) is 0.480. The number of hydrogen-bond acceptors (Lipinski definition) is 4. The van der Waals surface area contributed by atoms with Crippen molar-refractivity contribution in [2.45, 2.75) is 6.92 Å². The minimum atomic E-state index is -0.483. The van der Waals surface area contributed by atoms with E-state index in [1.807, 2.05) is 19.1 Å². The van der Waals surface area contributed by atoms with Crippen LogP contribution in [-0.2, 0) is 9.59 Å². The number of para-hydroxylation sites is 2. The molecule has 1 aliphatic rings. The van der Waals surface area contributed by atoms with Gasteiger partial charge in [0.1, 0.15) is 11.4 Å². The smallest absolute Gasteiger partial charge is 0.282 e. The van der Waals surface area contributed by atoms with Gasteiger partial charge in [-0.25, -0.2) is 4.90 Å². The van der Waals surface area contributed by atoms with Gasteiger partial charge in [-0.3, -0.25) is 9.59 Å². The summed E-state index contributed by atoms with van der Waals surface area (Å²) in [4.78, 5) is 28.0. The van der Waals surface area contributed by atoms with Crippen LogP contribution in [0.5, 0.6) is 5.75 Å². The van der Waals surface area contributed by atoms with Crippen molar-refractivity contribution in [3.8, 4) is 5.75 Å². The van der Waals surface area contributed by atoms with Gasteiger partial charge >= 0.3 is 0 Å². The first-order valence-corrected chi connectivity index (χ1v) is 10.4. The number of benzene rings is 3. The lowest BCUT2D eigenvalue weighted by Crippen LogP contribution is -2.32. The molecule has 5 nitrogen and oxygen atoms in total. The summed E-state index contributed by atoms with van der Waals surface area (Å²) in [5, 5.41) is 4.09. The maximum atomic E-state index is 13.4. The summed E-state index contributed by atoms with van der Waals surface area (Å²) in [6.45, 7) is 2.34. The van der Waals surface area contributed by atoms with Crippen LogP contribution in [0, 0.1) is 0 Å². The molecule has 7 heteroatoms. The van der Waals surface area contributed by atoms with Gasteiger partial charge in [-0.1, -0.05) is 53.5 Å². The lowest BCUT2D eigenvalue weighted by molar-refractivity contribution is -0.120. The summed E-state index contributed by atoms with van der Waals surface area (Å²) in [6.07, 6.45) is 0. The molecular formula is C24H18Cl2N2O3. The molecule has 0 aliphatic carbocycles. The first-order chi connectivity index (χ1) is 15.0. The van der Waals surface area contributed by atoms with Crippen molar-refractivity contribution in [1.82, 2.24) is 0 Å². The van der Waals surface area contributed by atoms with E-state index in [9.17, 15) is 9.59 Å². The third kappa shape index (κ3) is 4.15. The van der Waals surface area contributed by atoms with Gasteiger partial charge < -0.3 is 10.1 Å². The number of nitrogens with zero attached hydrogens (tertiary/aromatic N) is 1. The Morgan fingerprint density at radius 1 is 0.871 bits per heavy atom. The predicted octanol–water partition coefficient (Wildman–Crippen LogP) is 5.79. The zero-order valence-corrected chi connectivity index (χ0v) is 18.1. The van der Waals surface area contributed by atoms with Crippen LogP contribution in [0.1, 0.15) is 12.5 Å². The van der Waals surface area contributed by atoms with Gasteiger partial charge in [0.2, 0.25) is 0 Å². The van der Waals surface area contributed by atoms with E-state index in [4.69, 9.17) is 27.9 Å². The van der Waals surface area contributed by atoms with Crippen molar-refractivity contribution in [2.75, 3.05) is 16.8 Å². The van der Waals surface area contributed by atoms with Gasteiger partial charge in [-0.2, -0.15) is 0 Å². The van der Waals surface area contributed by atoms with Crippen LogP contribution in [-0.4, -0.2) is 18.4 Å². The lowest BCUT2D eigenvalue weighted by atomic mass is 10.0. The largest absolute Gasteiger partial charge is 0.492 e. The molecule has 0 bridgehead atoms. The number of rotatable bonds is 6. The minimum absolute atomic E-state index is 0.152. The first-order valence-electron chi connectivity index (χ1n) is 9.63. The number of anilines is 2. The van der Waals surface area contributed by atoms with Crippen LogP contribution in [0.4, 0.5) is 11.4 Å². The summed E-state index contributed by atoms with van der Waals surface area (Å²) in [5.41, 5.74) is 1.94. The van der Waals surface area contributed by atoms with E-state index in [1.54, 1.807) is 60.7 Å². The van der Waals surface area contributed by atoms with E-state index in [0.29, 0.717) is 39.3 Å². The summed E-state index contributed by atoms with van der Waals surface area (Å²) in [5.74, 6) is -0.357. The predicted molar refractivity (Wildman–Crippen MR) is 124 cm³/mol. The molecule has 3 aromatic rings. The van der Waals surface area contributed by atoms with Gasteiger partial charge in [-0.15, -0.1) is 0 Å². The number of carbonyl (C=O) groups excluding carboxylic acids is 2. The van der Waals surface area contributed by atoms with Gasteiger partial charge in [0.05, 0.1) is 23.6 Å². The van der Waals surface area contributed by atoms with Crippen molar-refractivity contribution in [2.24, 2.45) is 0 Å². The standard InChI is InChI=1S/C24H18Cl2N2O3/c1-2-31-20-9-4-3-8-19(20)27-22-21(15-10-12-16(25)13-11-15)23(29)28(24(22)30)18-7-5-6-17(26)14-18/h3-14,27H,2H2,1H3. The zero-order valence-electron chi connectivity index (χ0n) is 16.6. The molecule has 1 N–H and O–H groups in total. The average molecular weight is 453 g/mol.